The van der Waals surface area contributed by atoms with Crippen molar-refractivity contribution in [3.05, 3.63) is 95.6 Å². The van der Waals surface area contributed by atoms with Crippen LogP contribution in [0.3, 0.4) is 0 Å². The molecule has 3 aromatic carbocycles. The van der Waals surface area contributed by atoms with Crippen LogP contribution >= 0.6 is 11.8 Å². The van der Waals surface area contributed by atoms with E-state index in [1.807, 2.05) is 50.2 Å². The summed E-state index contributed by atoms with van der Waals surface area (Å²) in [4.78, 5) is 12.9. The van der Waals surface area contributed by atoms with Crippen molar-refractivity contribution in [3.8, 4) is 17.1 Å². The first-order valence-corrected chi connectivity index (χ1v) is 14.7. The van der Waals surface area contributed by atoms with Crippen LogP contribution in [-0.2, 0) is 14.3 Å². The molecule has 2 heterocycles. The highest BCUT2D eigenvalue weighted by Crippen LogP contribution is 2.33. The van der Waals surface area contributed by atoms with Gasteiger partial charge in [-0.2, -0.15) is 0 Å². The Morgan fingerprint density at radius 2 is 1.77 bits per heavy atom. The number of carbonyl (C=O) groups is 1. The monoisotopic (exact) mass is 556 g/mol. The van der Waals surface area contributed by atoms with Crippen LogP contribution in [0.25, 0.3) is 17.1 Å². The summed E-state index contributed by atoms with van der Waals surface area (Å²) in [5.41, 5.74) is 5.43. The highest BCUT2D eigenvalue weighted by atomic mass is 32.2. The lowest BCUT2D eigenvalue weighted by Crippen LogP contribution is -2.51. The van der Waals surface area contributed by atoms with E-state index >= 15 is 0 Å². The number of nitrogens with one attached hydrogen (secondary N) is 1. The first-order valence-electron chi connectivity index (χ1n) is 13.7. The smallest absolute Gasteiger partial charge is 0.220 e. The number of carbonyl (C=O) groups excluding carboxylic acids is 1. The van der Waals surface area contributed by atoms with Gasteiger partial charge < -0.3 is 14.8 Å². The summed E-state index contributed by atoms with van der Waals surface area (Å²) in [7, 11) is 0. The van der Waals surface area contributed by atoms with E-state index < -0.39 is 5.79 Å². The molecule has 2 atom stereocenters. The predicted octanol–water partition coefficient (Wildman–Crippen LogP) is 6.43. The molecule has 8 heteroatoms. The maximum Gasteiger partial charge on any atom is 0.220 e. The van der Waals surface area contributed by atoms with Crippen LogP contribution < -0.4 is 5.32 Å². The topological polar surface area (TPSA) is 78.3 Å². The summed E-state index contributed by atoms with van der Waals surface area (Å²) in [6.07, 6.45) is 0.835. The molecule has 208 valence electrons. The molecule has 1 saturated heterocycles. The summed E-state index contributed by atoms with van der Waals surface area (Å²) < 4.78 is 14.2. The Kier molecular flexibility index (Phi) is 8.69. The van der Waals surface area contributed by atoms with Crippen LogP contribution in [0.4, 0.5) is 0 Å². The maximum atomic E-state index is 12.9. The average molecular weight is 557 g/mol. The molecule has 2 unspecified atom stereocenters. The molecule has 1 aromatic heterocycles. The van der Waals surface area contributed by atoms with Crippen LogP contribution in [0.15, 0.2) is 84.0 Å². The molecular formula is C32H36N4O3S. The number of hydrogen-bond acceptors (Lipinski definition) is 6. The molecule has 1 fully saturated rings. The Hall–Kier alpha value is -3.46. The minimum Gasteiger partial charge on any atom is -0.348 e. The number of nitrogens with zero attached hydrogens (tertiary/aromatic N) is 3. The third-order valence-corrected chi connectivity index (χ3v) is 7.86. The zero-order chi connectivity index (χ0) is 28.1. The Balaban J connectivity index is 1.23. The van der Waals surface area contributed by atoms with Gasteiger partial charge in [0, 0.05) is 23.4 Å². The van der Waals surface area contributed by atoms with Crippen molar-refractivity contribution in [2.75, 3.05) is 12.4 Å². The van der Waals surface area contributed by atoms with Crippen molar-refractivity contribution >= 4 is 17.7 Å². The average Bonchev–Trinajstić information content (AvgIpc) is 3.37. The van der Waals surface area contributed by atoms with Gasteiger partial charge in [0.25, 0.3) is 0 Å². The molecular weight excluding hydrogens is 520 g/mol. The van der Waals surface area contributed by atoms with E-state index in [-0.39, 0.29) is 18.1 Å². The van der Waals surface area contributed by atoms with Crippen molar-refractivity contribution in [3.63, 3.8) is 0 Å². The predicted molar refractivity (Wildman–Crippen MR) is 158 cm³/mol. The Labute approximate surface area is 240 Å². The van der Waals surface area contributed by atoms with Crippen molar-refractivity contribution in [2.24, 2.45) is 0 Å². The fraction of sp³-hybridized carbons (Fsp3) is 0.344. The maximum absolute atomic E-state index is 12.9. The molecule has 7 nitrogen and oxygen atoms in total. The zero-order valence-corrected chi connectivity index (χ0v) is 24.3. The van der Waals surface area contributed by atoms with E-state index in [4.69, 9.17) is 9.47 Å². The van der Waals surface area contributed by atoms with Crippen molar-refractivity contribution in [1.82, 2.24) is 20.1 Å². The van der Waals surface area contributed by atoms with Gasteiger partial charge in [-0.1, -0.05) is 84.1 Å². The van der Waals surface area contributed by atoms with Gasteiger partial charge in [-0.15, -0.1) is 10.2 Å². The number of rotatable bonds is 9. The molecule has 40 heavy (non-hydrogen) atoms. The Bertz CT molecular complexity index is 1440. The molecule has 1 N–H and O–H groups in total. The molecule has 0 spiro atoms. The summed E-state index contributed by atoms with van der Waals surface area (Å²) in [6.45, 7) is 8.35. The number of amides is 1. The van der Waals surface area contributed by atoms with Gasteiger partial charge in [-0.05, 0) is 57.4 Å². The highest BCUT2D eigenvalue weighted by molar-refractivity contribution is 7.99. The lowest BCUT2D eigenvalue weighted by molar-refractivity contribution is -0.284. The second-order valence-corrected chi connectivity index (χ2v) is 11.7. The fourth-order valence-corrected chi connectivity index (χ4v) is 5.68. The minimum atomic E-state index is -0.705. The highest BCUT2D eigenvalue weighted by Gasteiger charge is 2.38. The second-order valence-electron chi connectivity index (χ2n) is 10.6. The van der Waals surface area contributed by atoms with Gasteiger partial charge in [0.2, 0.25) is 5.91 Å². The molecule has 5 rings (SSSR count). The van der Waals surface area contributed by atoms with Crippen LogP contribution in [0.5, 0.6) is 0 Å². The lowest BCUT2D eigenvalue weighted by Gasteiger charge is -2.41. The summed E-state index contributed by atoms with van der Waals surface area (Å²) >= 11 is 1.61. The van der Waals surface area contributed by atoms with E-state index in [1.54, 1.807) is 11.8 Å². The van der Waals surface area contributed by atoms with E-state index in [0.717, 1.165) is 33.5 Å². The van der Waals surface area contributed by atoms with E-state index in [0.29, 0.717) is 19.4 Å². The summed E-state index contributed by atoms with van der Waals surface area (Å²) in [6, 6.07) is 26.4. The first-order chi connectivity index (χ1) is 19.3. The van der Waals surface area contributed by atoms with Gasteiger partial charge in [-0.25, -0.2) is 0 Å². The Morgan fingerprint density at radius 1 is 1.00 bits per heavy atom. The number of benzene rings is 3. The minimum absolute atomic E-state index is 0.0149. The third-order valence-electron chi connectivity index (χ3n) is 6.84. The number of aromatic nitrogens is 3. The van der Waals surface area contributed by atoms with Gasteiger partial charge >= 0.3 is 0 Å². The van der Waals surface area contributed by atoms with E-state index in [9.17, 15) is 4.79 Å². The van der Waals surface area contributed by atoms with Crippen LogP contribution in [0.2, 0.25) is 0 Å². The van der Waals surface area contributed by atoms with Crippen LogP contribution in [0, 0.1) is 13.8 Å². The quantitative estimate of drug-likeness (QED) is 0.189. The van der Waals surface area contributed by atoms with Crippen LogP contribution in [0.1, 0.15) is 49.5 Å². The fourth-order valence-electron chi connectivity index (χ4n) is 4.79. The number of aryl methyl sites for hydroxylation is 2. The van der Waals surface area contributed by atoms with Gasteiger partial charge in [0.15, 0.2) is 16.8 Å². The SMILES string of the molecule is Cc1ccc(-c2nnc(SCCCC(=O)NC3COC(C)(C)OC3c3ccccc3)n2-c2cccc(C)c2)cc1. The van der Waals surface area contributed by atoms with Crippen LogP contribution in [-0.4, -0.2) is 44.9 Å². The molecule has 1 aliphatic heterocycles. The van der Waals surface area contributed by atoms with Crippen molar-refractivity contribution in [1.29, 1.82) is 0 Å². The number of thioether (sulfide) groups is 1. The first kappa shape index (κ1) is 28.1. The molecule has 1 amide bonds. The van der Waals surface area contributed by atoms with Gasteiger partial charge in [0.05, 0.1) is 12.6 Å². The number of ether oxygens (including phenoxy) is 2. The normalized spacial score (nSPS) is 18.4. The molecule has 4 aromatic rings. The number of hydrogen-bond donors (Lipinski definition) is 1. The molecule has 0 bridgehead atoms. The molecule has 0 saturated carbocycles. The van der Waals surface area contributed by atoms with Crippen molar-refractivity contribution < 1.29 is 14.3 Å². The molecule has 0 radical (unpaired) electrons. The largest absolute Gasteiger partial charge is 0.348 e. The Morgan fingerprint density at radius 3 is 2.52 bits per heavy atom. The van der Waals surface area contributed by atoms with E-state index in [1.165, 1.54) is 11.1 Å². The summed E-state index contributed by atoms with van der Waals surface area (Å²) in [5, 5.41) is 13.0. The molecule has 1 aliphatic rings. The van der Waals surface area contributed by atoms with Crippen molar-refractivity contribution in [2.45, 2.75) is 63.6 Å². The van der Waals surface area contributed by atoms with Gasteiger partial charge in [-0.3, -0.25) is 9.36 Å². The summed E-state index contributed by atoms with van der Waals surface area (Å²) in [5.74, 6) is 0.818. The molecule has 0 aliphatic carbocycles. The lowest BCUT2D eigenvalue weighted by atomic mass is 10.0. The van der Waals surface area contributed by atoms with E-state index in [2.05, 4.69) is 76.4 Å². The second kappa shape index (κ2) is 12.4. The third kappa shape index (κ3) is 6.81. The standard InChI is InChI=1S/C32H36N4O3S/c1-22-15-17-25(18-16-22)30-34-35-31(36(30)26-13-8-10-23(2)20-26)40-19-9-14-28(37)33-27-21-38-32(3,4)39-29(27)24-11-6-5-7-12-24/h5-8,10-13,15-18,20,27,29H,9,14,19,21H2,1-4H3,(H,33,37). The van der Waals surface area contributed by atoms with Gasteiger partial charge in [0.1, 0.15) is 6.10 Å². The zero-order valence-electron chi connectivity index (χ0n) is 23.5.